The Morgan fingerprint density at radius 1 is 1.27 bits per heavy atom. The minimum Gasteiger partial charge on any atom is -0.320 e. The molecule has 0 bridgehead atoms. The molecule has 0 fully saturated rings. The van der Waals surface area contributed by atoms with E-state index >= 15 is 0 Å². The van der Waals surface area contributed by atoms with Gasteiger partial charge in [0.05, 0.1) is 0 Å². The molecule has 0 saturated heterocycles. The summed E-state index contributed by atoms with van der Waals surface area (Å²) in [4.78, 5) is 17.6. The lowest BCUT2D eigenvalue weighted by Gasteiger charge is -1.98. The molecule has 1 aromatic carbocycles. The predicted molar refractivity (Wildman–Crippen MR) is 54.0 cm³/mol. The number of nitrogens with zero attached hydrogens (tertiary/aromatic N) is 2. The van der Waals surface area contributed by atoms with Crippen molar-refractivity contribution in [2.24, 2.45) is 0 Å². The summed E-state index contributed by atoms with van der Waals surface area (Å²) in [5.74, 6) is 0. The molecule has 0 amide bonds. The van der Waals surface area contributed by atoms with Gasteiger partial charge in [0.25, 0.3) is 6.29 Å². The fourth-order valence-electron chi connectivity index (χ4n) is 1.33. The Balaban J connectivity index is 2.43. The maximum absolute atomic E-state index is 10.8. The molecular weight excluding hydrogens is 215 g/mol. The first-order valence-corrected chi connectivity index (χ1v) is 6.14. The molecule has 0 spiro atoms. The zero-order valence-electron chi connectivity index (χ0n) is 7.82. The third-order valence-corrected chi connectivity index (χ3v) is 2.59. The molecular formula is C9H10N2O3P+. The van der Waals surface area contributed by atoms with Gasteiger partial charge in [0, 0.05) is 16.6 Å². The Morgan fingerprint density at radius 3 is 2.73 bits per heavy atom. The van der Waals surface area contributed by atoms with Crippen molar-refractivity contribution in [3.63, 3.8) is 0 Å². The minimum absolute atomic E-state index is 0.391. The zero-order chi connectivity index (χ0) is 10.9. The maximum Gasteiger partial charge on any atom is 0.392 e. The van der Waals surface area contributed by atoms with Crippen LogP contribution in [0.25, 0.3) is 10.9 Å². The molecule has 0 aliphatic rings. The van der Waals surface area contributed by atoms with Gasteiger partial charge in [0.2, 0.25) is 0 Å². The van der Waals surface area contributed by atoms with Gasteiger partial charge >= 0.3 is 7.60 Å². The van der Waals surface area contributed by atoms with Crippen molar-refractivity contribution in [2.75, 3.05) is 0 Å². The van der Waals surface area contributed by atoms with Gasteiger partial charge < -0.3 is 9.79 Å². The van der Waals surface area contributed by atoms with E-state index in [4.69, 9.17) is 9.79 Å². The van der Waals surface area contributed by atoms with Crippen molar-refractivity contribution in [2.45, 2.75) is 6.29 Å². The number of aromatic nitrogens is 2. The number of hydrogen-bond acceptors (Lipinski definition) is 2. The van der Waals surface area contributed by atoms with Crippen LogP contribution in [-0.2, 0) is 10.9 Å². The SMILES string of the molecule is O=P(O)(O)C[n+]1ccc2ccccc2n1. The number of rotatable bonds is 2. The molecule has 2 rings (SSSR count). The molecule has 0 unspecified atom stereocenters. The van der Waals surface area contributed by atoms with Crippen LogP contribution in [0.1, 0.15) is 0 Å². The molecule has 15 heavy (non-hydrogen) atoms. The summed E-state index contributed by atoms with van der Waals surface area (Å²) in [5.41, 5.74) is 0.716. The Bertz CT molecular complexity index is 538. The van der Waals surface area contributed by atoms with Crippen molar-refractivity contribution in [1.82, 2.24) is 5.10 Å². The average molecular weight is 225 g/mol. The number of hydrogen-bond donors (Lipinski definition) is 2. The van der Waals surface area contributed by atoms with Gasteiger partial charge in [0.15, 0.2) is 6.20 Å². The van der Waals surface area contributed by atoms with E-state index in [0.29, 0.717) is 5.52 Å². The van der Waals surface area contributed by atoms with E-state index in [0.717, 1.165) is 5.39 Å². The Morgan fingerprint density at radius 2 is 2.00 bits per heavy atom. The smallest absolute Gasteiger partial charge is 0.320 e. The molecule has 1 heterocycles. The van der Waals surface area contributed by atoms with Gasteiger partial charge in [-0.15, -0.1) is 0 Å². The predicted octanol–water partition coefficient (Wildman–Crippen LogP) is 0.657. The van der Waals surface area contributed by atoms with Crippen molar-refractivity contribution in [3.8, 4) is 0 Å². The quantitative estimate of drug-likeness (QED) is 0.581. The summed E-state index contributed by atoms with van der Waals surface area (Å²) in [6.45, 7) is 0. The molecule has 6 heteroatoms. The van der Waals surface area contributed by atoms with Crippen LogP contribution < -0.4 is 4.68 Å². The monoisotopic (exact) mass is 225 g/mol. The van der Waals surface area contributed by atoms with Crippen LogP contribution in [0.15, 0.2) is 36.5 Å². The fourth-order valence-corrected chi connectivity index (χ4v) is 1.86. The summed E-state index contributed by atoms with van der Waals surface area (Å²) >= 11 is 0. The Labute approximate surface area is 86.1 Å². The third kappa shape index (κ3) is 2.59. The Kier molecular flexibility index (Phi) is 2.52. The first kappa shape index (κ1) is 10.2. The highest BCUT2D eigenvalue weighted by Crippen LogP contribution is 2.33. The van der Waals surface area contributed by atoms with Crippen LogP contribution in [-0.4, -0.2) is 14.9 Å². The lowest BCUT2D eigenvalue weighted by molar-refractivity contribution is -0.736. The molecule has 5 nitrogen and oxygen atoms in total. The molecule has 0 saturated carbocycles. The first-order valence-electron chi connectivity index (χ1n) is 4.35. The van der Waals surface area contributed by atoms with Crippen molar-refractivity contribution >= 4 is 18.5 Å². The second-order valence-corrected chi connectivity index (χ2v) is 4.83. The summed E-state index contributed by atoms with van der Waals surface area (Å²) in [5, 5.41) is 5.03. The standard InChI is InChI=1S/C9H9N2O3P/c12-15(13,14)7-11-6-5-8-3-1-2-4-9(8)10-11/h1-6H,7H2,(H-,12,13,14)/p+1. The van der Waals surface area contributed by atoms with Crippen LogP contribution in [0.4, 0.5) is 0 Å². The van der Waals surface area contributed by atoms with E-state index in [1.54, 1.807) is 18.3 Å². The summed E-state index contributed by atoms with van der Waals surface area (Å²) in [7, 11) is -4.07. The molecule has 1 aromatic heterocycles. The van der Waals surface area contributed by atoms with Crippen LogP contribution in [0.2, 0.25) is 0 Å². The summed E-state index contributed by atoms with van der Waals surface area (Å²) < 4.78 is 12.0. The maximum atomic E-state index is 10.8. The molecule has 0 atom stereocenters. The molecule has 0 aliphatic heterocycles. The molecule has 0 aliphatic carbocycles. The first-order chi connectivity index (χ1) is 7.04. The van der Waals surface area contributed by atoms with Crippen LogP contribution in [0.5, 0.6) is 0 Å². The van der Waals surface area contributed by atoms with Gasteiger partial charge in [-0.2, -0.15) is 0 Å². The summed E-state index contributed by atoms with van der Waals surface area (Å²) in [6, 6.07) is 9.18. The van der Waals surface area contributed by atoms with Crippen LogP contribution in [0, 0.1) is 0 Å². The molecule has 78 valence electrons. The third-order valence-electron chi connectivity index (χ3n) is 1.93. The number of fused-ring (bicyclic) bond motifs is 1. The number of benzene rings is 1. The fraction of sp³-hybridized carbons (Fsp3) is 0.111. The van der Waals surface area contributed by atoms with E-state index in [-0.39, 0.29) is 0 Å². The largest absolute Gasteiger partial charge is 0.392 e. The lowest BCUT2D eigenvalue weighted by atomic mass is 10.2. The van der Waals surface area contributed by atoms with Crippen molar-refractivity contribution in [1.29, 1.82) is 0 Å². The van der Waals surface area contributed by atoms with Gasteiger partial charge in [-0.1, -0.05) is 22.9 Å². The van der Waals surface area contributed by atoms with E-state index in [2.05, 4.69) is 5.10 Å². The second kappa shape index (κ2) is 3.70. The van der Waals surface area contributed by atoms with E-state index in [1.165, 1.54) is 4.68 Å². The highest BCUT2D eigenvalue weighted by molar-refractivity contribution is 7.50. The second-order valence-electron chi connectivity index (χ2n) is 3.22. The average Bonchev–Trinajstić information content (AvgIpc) is 2.15. The van der Waals surface area contributed by atoms with E-state index < -0.39 is 13.9 Å². The van der Waals surface area contributed by atoms with Crippen LogP contribution >= 0.6 is 7.60 Å². The highest BCUT2D eigenvalue weighted by Gasteiger charge is 2.21. The summed E-state index contributed by atoms with van der Waals surface area (Å²) in [6.07, 6.45) is 1.17. The van der Waals surface area contributed by atoms with Gasteiger partial charge in [-0.05, 0) is 6.07 Å². The van der Waals surface area contributed by atoms with Gasteiger partial charge in [-0.25, -0.2) is 0 Å². The molecule has 2 N–H and O–H groups in total. The van der Waals surface area contributed by atoms with Gasteiger partial charge in [0.1, 0.15) is 5.52 Å². The van der Waals surface area contributed by atoms with E-state index in [9.17, 15) is 4.57 Å². The Hall–Kier alpha value is -1.29. The van der Waals surface area contributed by atoms with Gasteiger partial charge in [-0.3, -0.25) is 4.57 Å². The molecule has 2 aromatic rings. The van der Waals surface area contributed by atoms with Crippen molar-refractivity contribution in [3.05, 3.63) is 36.5 Å². The normalized spacial score (nSPS) is 11.9. The van der Waals surface area contributed by atoms with Crippen molar-refractivity contribution < 1.29 is 19.0 Å². The molecule has 0 radical (unpaired) electrons. The van der Waals surface area contributed by atoms with E-state index in [1.807, 2.05) is 18.2 Å². The lowest BCUT2D eigenvalue weighted by Crippen LogP contribution is -2.37. The highest BCUT2D eigenvalue weighted by atomic mass is 31.2. The topological polar surface area (TPSA) is 74.3 Å². The van der Waals surface area contributed by atoms with Crippen LogP contribution in [0.3, 0.4) is 0 Å². The zero-order valence-corrected chi connectivity index (χ0v) is 8.71. The minimum atomic E-state index is -4.07.